The molecule has 2 aliphatic heterocycles. The first-order valence-electron chi connectivity index (χ1n) is 10.6. The van der Waals surface area contributed by atoms with Crippen molar-refractivity contribution < 1.29 is 19.1 Å². The Labute approximate surface area is 171 Å². The van der Waals surface area contributed by atoms with E-state index in [1.807, 2.05) is 13.1 Å². The van der Waals surface area contributed by atoms with Crippen LogP contribution in [0.3, 0.4) is 0 Å². The number of likely N-dealkylation sites (tertiary alicyclic amines) is 1. The number of rotatable bonds is 4. The minimum Gasteiger partial charge on any atom is -0.477 e. The summed E-state index contributed by atoms with van der Waals surface area (Å²) in [6, 6.07) is 4.36. The van der Waals surface area contributed by atoms with Crippen LogP contribution in [0.25, 0.3) is 0 Å². The van der Waals surface area contributed by atoms with Crippen LogP contribution in [0, 0.1) is 5.92 Å². The Morgan fingerprint density at radius 1 is 1.45 bits per heavy atom. The Hall–Kier alpha value is -2.12. The van der Waals surface area contributed by atoms with Gasteiger partial charge in [-0.1, -0.05) is 6.07 Å². The lowest BCUT2D eigenvalue weighted by Gasteiger charge is -2.57. The van der Waals surface area contributed by atoms with E-state index in [9.17, 15) is 9.59 Å². The fourth-order valence-corrected chi connectivity index (χ4v) is 6.13. The molecule has 2 heterocycles. The van der Waals surface area contributed by atoms with E-state index >= 15 is 0 Å². The zero-order valence-corrected chi connectivity index (χ0v) is 17.4. The monoisotopic (exact) mass is 399 g/mol. The number of ether oxygens (including phenoxy) is 2. The summed E-state index contributed by atoms with van der Waals surface area (Å²) in [5, 5.41) is 3.03. The number of piperidine rings is 1. The molecular weight excluding hydrogens is 370 g/mol. The van der Waals surface area contributed by atoms with Crippen LogP contribution in [0.5, 0.6) is 11.5 Å². The molecule has 2 bridgehead atoms. The maximum absolute atomic E-state index is 12.9. The molecule has 0 aromatic heterocycles. The van der Waals surface area contributed by atoms with Crippen LogP contribution in [-0.2, 0) is 16.6 Å². The van der Waals surface area contributed by atoms with Crippen molar-refractivity contribution in [2.75, 3.05) is 40.8 Å². The lowest BCUT2D eigenvalue weighted by molar-refractivity contribution is -0.138. The number of hydrogen-bond donors (Lipinski definition) is 1. The van der Waals surface area contributed by atoms with Crippen molar-refractivity contribution in [1.29, 1.82) is 0 Å². The molecule has 1 spiro atoms. The van der Waals surface area contributed by atoms with Crippen molar-refractivity contribution >= 4 is 11.9 Å². The highest BCUT2D eigenvalue weighted by Crippen LogP contribution is 2.63. The first kappa shape index (κ1) is 18.9. The molecule has 7 heteroatoms. The minimum absolute atomic E-state index is 0.192. The van der Waals surface area contributed by atoms with E-state index in [0.717, 1.165) is 31.4 Å². The van der Waals surface area contributed by atoms with Crippen LogP contribution in [0.2, 0.25) is 0 Å². The number of nitrogens with zero attached hydrogens (tertiary/aromatic N) is 2. The Balaban J connectivity index is 1.55. The van der Waals surface area contributed by atoms with Gasteiger partial charge < -0.3 is 24.6 Å². The van der Waals surface area contributed by atoms with Gasteiger partial charge in [-0.25, -0.2) is 4.79 Å². The zero-order chi connectivity index (χ0) is 20.3. The summed E-state index contributed by atoms with van der Waals surface area (Å²) in [7, 11) is 5.76. The summed E-state index contributed by atoms with van der Waals surface area (Å²) in [6.07, 6.45) is 2.53. The molecule has 0 radical (unpaired) electrons. The number of carbonyl (C=O) groups excluding carboxylic acids is 2. The first-order valence-corrected chi connectivity index (χ1v) is 10.6. The van der Waals surface area contributed by atoms with Crippen LogP contribution in [-0.4, -0.2) is 74.6 Å². The summed E-state index contributed by atoms with van der Waals surface area (Å²) in [6.45, 7) is 2.21. The van der Waals surface area contributed by atoms with E-state index in [2.05, 4.69) is 23.3 Å². The van der Waals surface area contributed by atoms with Gasteiger partial charge in [0.2, 0.25) is 0 Å². The van der Waals surface area contributed by atoms with E-state index in [-0.39, 0.29) is 11.2 Å². The highest BCUT2D eigenvalue weighted by molar-refractivity contribution is 5.89. The summed E-state index contributed by atoms with van der Waals surface area (Å²) in [5.74, 6) is 1.68. The average molecular weight is 399 g/mol. The molecule has 5 rings (SSSR count). The standard InChI is InChI=1S/C22H29N3O4/c1-23-9-11-25(3)21(27)28-17-7-4-13-12-15-14-5-6-16(26)20-22(14,8-10-24(15)2)18(13)19(17)29-20/h4,7,14-15,20,23H,5-6,8-12H2,1-3H3/t14?,15-,20+,22+/m0/s1. The summed E-state index contributed by atoms with van der Waals surface area (Å²) in [4.78, 5) is 29.5. The van der Waals surface area contributed by atoms with Crippen LogP contribution in [0.4, 0.5) is 4.79 Å². The van der Waals surface area contributed by atoms with Gasteiger partial charge in [0.15, 0.2) is 23.4 Å². The lowest BCUT2D eigenvalue weighted by atomic mass is 9.52. The van der Waals surface area contributed by atoms with Gasteiger partial charge in [0.1, 0.15) is 0 Å². The molecule has 2 fully saturated rings. The van der Waals surface area contributed by atoms with Crippen molar-refractivity contribution in [3.63, 3.8) is 0 Å². The van der Waals surface area contributed by atoms with Crippen LogP contribution in [0.1, 0.15) is 30.4 Å². The predicted octanol–water partition coefficient (Wildman–Crippen LogP) is 1.57. The van der Waals surface area contributed by atoms with Gasteiger partial charge in [-0.05, 0) is 57.5 Å². The lowest BCUT2D eigenvalue weighted by Crippen LogP contribution is -2.65. The summed E-state index contributed by atoms with van der Waals surface area (Å²) >= 11 is 0. The number of benzene rings is 1. The van der Waals surface area contributed by atoms with Crippen molar-refractivity contribution in [2.24, 2.45) is 5.92 Å². The quantitative estimate of drug-likeness (QED) is 0.829. The Bertz CT molecular complexity index is 872. The second-order valence-electron chi connectivity index (χ2n) is 8.97. The fraction of sp³-hybridized carbons (Fsp3) is 0.636. The van der Waals surface area contributed by atoms with Gasteiger partial charge in [0.05, 0.1) is 0 Å². The zero-order valence-electron chi connectivity index (χ0n) is 17.4. The third-order valence-corrected chi connectivity index (χ3v) is 7.58. The number of Topliss-reactive ketones (excluding diaryl/α,β-unsaturated/α-hetero) is 1. The highest BCUT2D eigenvalue weighted by Gasteiger charge is 2.65. The first-order chi connectivity index (χ1) is 14.0. The number of carbonyl (C=O) groups is 2. The fourth-order valence-electron chi connectivity index (χ4n) is 6.13. The molecule has 1 saturated carbocycles. The van der Waals surface area contributed by atoms with Crippen molar-refractivity contribution in [3.05, 3.63) is 23.3 Å². The SMILES string of the molecule is CNCCN(C)C(=O)Oc1ccc2c3c1O[C@@H]1C(=O)CCC4[C@H](C2)N(C)CC[C@]341. The summed E-state index contributed by atoms with van der Waals surface area (Å²) < 4.78 is 12.1. The molecule has 4 atom stereocenters. The van der Waals surface area contributed by atoms with E-state index < -0.39 is 12.2 Å². The maximum atomic E-state index is 12.9. The van der Waals surface area contributed by atoms with Crippen LogP contribution >= 0.6 is 0 Å². The van der Waals surface area contributed by atoms with Crippen LogP contribution in [0.15, 0.2) is 12.1 Å². The number of likely N-dealkylation sites (N-methyl/N-ethyl adjacent to an activating group) is 3. The van der Waals surface area contributed by atoms with Gasteiger partial charge >= 0.3 is 6.09 Å². The van der Waals surface area contributed by atoms with Crippen molar-refractivity contribution in [1.82, 2.24) is 15.1 Å². The third kappa shape index (κ3) is 2.56. The highest BCUT2D eigenvalue weighted by atomic mass is 16.6. The Kier molecular flexibility index (Phi) is 4.37. The second-order valence-corrected chi connectivity index (χ2v) is 8.97. The van der Waals surface area contributed by atoms with E-state index in [1.165, 1.54) is 5.56 Å². The van der Waals surface area contributed by atoms with Crippen LogP contribution < -0.4 is 14.8 Å². The molecule has 1 saturated heterocycles. The van der Waals surface area contributed by atoms with E-state index in [4.69, 9.17) is 9.47 Å². The molecule has 156 valence electrons. The molecule has 1 N–H and O–H groups in total. The number of amides is 1. The van der Waals surface area contributed by atoms with E-state index in [1.54, 1.807) is 11.9 Å². The van der Waals surface area contributed by atoms with E-state index in [0.29, 0.717) is 43.0 Å². The van der Waals surface area contributed by atoms with Gasteiger partial charge in [-0.15, -0.1) is 0 Å². The normalized spacial score (nSPS) is 31.8. The molecular formula is C22H29N3O4. The Morgan fingerprint density at radius 3 is 3.07 bits per heavy atom. The van der Waals surface area contributed by atoms with Gasteiger partial charge in [-0.2, -0.15) is 0 Å². The second kappa shape index (κ2) is 6.71. The molecule has 1 amide bonds. The predicted molar refractivity (Wildman–Crippen MR) is 108 cm³/mol. The van der Waals surface area contributed by atoms with Crippen molar-refractivity contribution in [2.45, 2.75) is 43.2 Å². The molecule has 4 aliphatic rings. The number of hydrogen-bond acceptors (Lipinski definition) is 6. The Morgan fingerprint density at radius 2 is 2.28 bits per heavy atom. The van der Waals surface area contributed by atoms with Gasteiger partial charge in [0.25, 0.3) is 0 Å². The molecule has 1 aromatic rings. The molecule has 1 unspecified atom stereocenters. The number of ketones is 1. The molecule has 1 aromatic carbocycles. The van der Waals surface area contributed by atoms with Gasteiger partial charge in [0, 0.05) is 43.6 Å². The maximum Gasteiger partial charge on any atom is 0.415 e. The van der Waals surface area contributed by atoms with Crippen molar-refractivity contribution in [3.8, 4) is 11.5 Å². The minimum atomic E-state index is -0.437. The smallest absolute Gasteiger partial charge is 0.415 e. The molecule has 2 aliphatic carbocycles. The largest absolute Gasteiger partial charge is 0.477 e. The average Bonchev–Trinajstić information content (AvgIpc) is 3.07. The van der Waals surface area contributed by atoms with Gasteiger partial charge in [-0.3, -0.25) is 4.79 Å². The molecule has 7 nitrogen and oxygen atoms in total. The number of nitrogens with one attached hydrogen (secondary N) is 1. The molecule has 29 heavy (non-hydrogen) atoms. The topological polar surface area (TPSA) is 71.1 Å². The third-order valence-electron chi connectivity index (χ3n) is 7.58. The summed E-state index contributed by atoms with van der Waals surface area (Å²) in [5.41, 5.74) is 2.14.